The van der Waals surface area contributed by atoms with Gasteiger partial charge < -0.3 is 10.1 Å². The minimum atomic E-state index is -0.314. The van der Waals surface area contributed by atoms with Crippen LogP contribution >= 0.6 is 11.6 Å². The molecule has 2 aromatic carbocycles. The molecule has 4 aromatic rings. The number of benzene rings is 2. The molecule has 4 rings (SSSR count). The molecule has 0 unspecified atom stereocenters. The lowest BCUT2D eigenvalue weighted by Gasteiger charge is -2.09. The quantitative estimate of drug-likeness (QED) is 0.440. The fourth-order valence-electron chi connectivity index (χ4n) is 3.18. The van der Waals surface area contributed by atoms with Crippen molar-refractivity contribution >= 4 is 23.2 Å². The molecule has 1 amide bonds. The van der Waals surface area contributed by atoms with Crippen molar-refractivity contribution in [3.8, 4) is 5.75 Å². The molecule has 0 aliphatic heterocycles. The first-order valence-electron chi connectivity index (χ1n) is 9.80. The number of hydrogen-bond acceptors (Lipinski definition) is 4. The number of carbonyl (C=O) groups is 1. The Bertz CT molecular complexity index is 1180. The van der Waals surface area contributed by atoms with Crippen molar-refractivity contribution in [1.29, 1.82) is 0 Å². The lowest BCUT2D eigenvalue weighted by molar-refractivity contribution is 0.102. The van der Waals surface area contributed by atoms with E-state index >= 15 is 0 Å². The number of amides is 1. The number of halogens is 1. The fraction of sp³-hybridized carbons (Fsp3) is 0.125. The Balaban J connectivity index is 1.46. The highest BCUT2D eigenvalue weighted by Gasteiger charge is 2.20. The van der Waals surface area contributed by atoms with Crippen LogP contribution in [-0.2, 0) is 13.2 Å². The van der Waals surface area contributed by atoms with Gasteiger partial charge in [-0.1, -0.05) is 54.1 Å². The van der Waals surface area contributed by atoms with Crippen LogP contribution in [0.25, 0.3) is 0 Å². The highest BCUT2D eigenvalue weighted by Crippen LogP contribution is 2.24. The molecule has 0 bridgehead atoms. The van der Waals surface area contributed by atoms with E-state index in [4.69, 9.17) is 16.3 Å². The minimum absolute atomic E-state index is 0.308. The van der Waals surface area contributed by atoms with Crippen LogP contribution in [0.15, 0.2) is 79.1 Å². The van der Waals surface area contributed by atoms with Gasteiger partial charge in [0.25, 0.3) is 5.91 Å². The van der Waals surface area contributed by atoms with Crippen LogP contribution in [0.1, 0.15) is 27.2 Å². The van der Waals surface area contributed by atoms with E-state index in [2.05, 4.69) is 15.4 Å². The molecule has 156 valence electrons. The predicted molar refractivity (Wildman–Crippen MR) is 120 cm³/mol. The summed E-state index contributed by atoms with van der Waals surface area (Å²) in [5, 5.41) is 7.64. The maximum Gasteiger partial charge on any atom is 0.260 e. The van der Waals surface area contributed by atoms with Gasteiger partial charge in [0.1, 0.15) is 17.5 Å². The Morgan fingerprint density at radius 1 is 1.06 bits per heavy atom. The number of anilines is 1. The van der Waals surface area contributed by atoms with E-state index < -0.39 is 0 Å². The molecule has 0 radical (unpaired) electrons. The molecule has 31 heavy (non-hydrogen) atoms. The van der Waals surface area contributed by atoms with Gasteiger partial charge in [-0.05, 0) is 30.7 Å². The number of nitrogens with zero attached hydrogens (tertiary/aromatic N) is 3. The van der Waals surface area contributed by atoms with Crippen LogP contribution in [0.4, 0.5) is 5.69 Å². The van der Waals surface area contributed by atoms with E-state index in [0.29, 0.717) is 41.0 Å². The number of nitrogens with one attached hydrogen (secondary N) is 1. The standard InChI is InChI=1S/C24H21ClN4O2/c1-17-22(23(25)29(28-17)15-18-7-3-2-4-8-18)24(30)27-20-10-5-11-21(13-20)31-16-19-9-6-12-26-14-19/h2-14H,15-16H2,1H3,(H,27,30). The number of rotatable bonds is 7. The van der Waals surface area contributed by atoms with Gasteiger partial charge in [-0.15, -0.1) is 0 Å². The van der Waals surface area contributed by atoms with Gasteiger partial charge in [-0.2, -0.15) is 5.10 Å². The van der Waals surface area contributed by atoms with Gasteiger partial charge in [0, 0.05) is 29.7 Å². The van der Waals surface area contributed by atoms with Crippen molar-refractivity contribution in [2.45, 2.75) is 20.1 Å². The number of ether oxygens (including phenoxy) is 1. The molecular formula is C24H21ClN4O2. The maximum absolute atomic E-state index is 12.9. The average molecular weight is 433 g/mol. The summed E-state index contributed by atoms with van der Waals surface area (Å²) >= 11 is 6.50. The summed E-state index contributed by atoms with van der Waals surface area (Å²) < 4.78 is 7.44. The summed E-state index contributed by atoms with van der Waals surface area (Å²) in [6.45, 7) is 2.66. The Kier molecular flexibility index (Phi) is 6.29. The van der Waals surface area contributed by atoms with E-state index in [9.17, 15) is 4.79 Å². The third-order valence-corrected chi connectivity index (χ3v) is 5.07. The topological polar surface area (TPSA) is 69.0 Å². The molecule has 7 heteroatoms. The highest BCUT2D eigenvalue weighted by atomic mass is 35.5. The van der Waals surface area contributed by atoms with E-state index in [1.165, 1.54) is 0 Å². The zero-order valence-electron chi connectivity index (χ0n) is 17.0. The van der Waals surface area contributed by atoms with Gasteiger partial charge in [0.2, 0.25) is 0 Å². The second-order valence-corrected chi connectivity index (χ2v) is 7.38. The summed E-state index contributed by atoms with van der Waals surface area (Å²) in [4.78, 5) is 17.0. The molecular weight excluding hydrogens is 412 g/mol. The second-order valence-electron chi connectivity index (χ2n) is 7.03. The average Bonchev–Trinajstić information content (AvgIpc) is 3.07. The summed E-state index contributed by atoms with van der Waals surface area (Å²) in [5.41, 5.74) is 3.56. The van der Waals surface area contributed by atoms with E-state index in [1.54, 1.807) is 36.1 Å². The smallest absolute Gasteiger partial charge is 0.260 e. The third kappa shape index (κ3) is 5.10. The lowest BCUT2D eigenvalue weighted by Crippen LogP contribution is -2.13. The SMILES string of the molecule is Cc1nn(Cc2ccccc2)c(Cl)c1C(=O)Nc1cccc(OCc2cccnc2)c1. The van der Waals surface area contributed by atoms with Gasteiger partial charge in [0.15, 0.2) is 0 Å². The van der Waals surface area contributed by atoms with Gasteiger partial charge in [-0.25, -0.2) is 4.68 Å². The van der Waals surface area contributed by atoms with E-state index in [0.717, 1.165) is 11.1 Å². The molecule has 0 saturated heterocycles. The van der Waals surface area contributed by atoms with Gasteiger partial charge >= 0.3 is 0 Å². The molecule has 0 saturated carbocycles. The zero-order valence-corrected chi connectivity index (χ0v) is 17.7. The van der Waals surface area contributed by atoms with Crippen molar-refractivity contribution in [2.75, 3.05) is 5.32 Å². The van der Waals surface area contributed by atoms with Crippen LogP contribution < -0.4 is 10.1 Å². The number of carbonyl (C=O) groups excluding carboxylic acids is 1. The number of aryl methyl sites for hydroxylation is 1. The summed E-state index contributed by atoms with van der Waals surface area (Å²) in [6.07, 6.45) is 3.47. The van der Waals surface area contributed by atoms with Crippen molar-refractivity contribution in [1.82, 2.24) is 14.8 Å². The van der Waals surface area contributed by atoms with Gasteiger partial charge in [-0.3, -0.25) is 9.78 Å². The monoisotopic (exact) mass is 432 g/mol. The number of pyridine rings is 1. The zero-order chi connectivity index (χ0) is 21.6. The molecule has 6 nitrogen and oxygen atoms in total. The summed E-state index contributed by atoms with van der Waals surface area (Å²) in [6, 6.07) is 20.9. The Labute approximate surface area is 185 Å². The second kappa shape index (κ2) is 9.45. The minimum Gasteiger partial charge on any atom is -0.489 e. The first-order valence-corrected chi connectivity index (χ1v) is 10.2. The van der Waals surface area contributed by atoms with Crippen LogP contribution in [0.3, 0.4) is 0 Å². The largest absolute Gasteiger partial charge is 0.489 e. The molecule has 0 aliphatic rings. The third-order valence-electron chi connectivity index (χ3n) is 4.69. The molecule has 2 aromatic heterocycles. The highest BCUT2D eigenvalue weighted by molar-refractivity contribution is 6.33. The van der Waals surface area contributed by atoms with Crippen LogP contribution in [0, 0.1) is 6.92 Å². The van der Waals surface area contributed by atoms with Crippen molar-refractivity contribution < 1.29 is 9.53 Å². The van der Waals surface area contributed by atoms with Crippen LogP contribution in [-0.4, -0.2) is 20.7 Å². The van der Waals surface area contributed by atoms with Crippen molar-refractivity contribution in [3.63, 3.8) is 0 Å². The van der Waals surface area contributed by atoms with Crippen LogP contribution in [0.2, 0.25) is 5.15 Å². The predicted octanol–water partition coefficient (Wildman–Crippen LogP) is 5.12. The Morgan fingerprint density at radius 2 is 1.87 bits per heavy atom. The normalized spacial score (nSPS) is 10.6. The summed E-state index contributed by atoms with van der Waals surface area (Å²) in [5.74, 6) is 0.329. The summed E-state index contributed by atoms with van der Waals surface area (Å²) in [7, 11) is 0. The van der Waals surface area contributed by atoms with Crippen LogP contribution in [0.5, 0.6) is 5.75 Å². The number of hydrogen-bond donors (Lipinski definition) is 1. The lowest BCUT2D eigenvalue weighted by atomic mass is 10.2. The van der Waals surface area contributed by atoms with Crippen molar-refractivity contribution in [3.05, 3.63) is 107 Å². The molecule has 2 heterocycles. The first-order chi connectivity index (χ1) is 15.1. The molecule has 0 aliphatic carbocycles. The molecule has 0 atom stereocenters. The maximum atomic E-state index is 12.9. The molecule has 0 spiro atoms. The fourth-order valence-corrected chi connectivity index (χ4v) is 3.50. The Morgan fingerprint density at radius 3 is 2.65 bits per heavy atom. The first kappa shape index (κ1) is 20.6. The molecule has 0 fully saturated rings. The Hall–Kier alpha value is -3.64. The van der Waals surface area contributed by atoms with E-state index in [1.807, 2.05) is 54.6 Å². The van der Waals surface area contributed by atoms with Crippen molar-refractivity contribution in [2.24, 2.45) is 0 Å². The molecule has 1 N–H and O–H groups in total. The van der Waals surface area contributed by atoms with Gasteiger partial charge in [0.05, 0.1) is 17.8 Å². The van der Waals surface area contributed by atoms with E-state index in [-0.39, 0.29) is 5.91 Å². The number of aromatic nitrogens is 3.